The van der Waals surface area contributed by atoms with Gasteiger partial charge in [0, 0.05) is 12.1 Å². The third-order valence-electron chi connectivity index (χ3n) is 3.67. The third kappa shape index (κ3) is 2.26. The Morgan fingerprint density at radius 3 is 3.00 bits per heavy atom. The lowest BCUT2D eigenvalue weighted by molar-refractivity contribution is -0.0298. The Hall–Kier alpha value is -0.340. The molecule has 0 amide bonds. The van der Waals surface area contributed by atoms with Crippen LogP contribution in [-0.4, -0.2) is 36.2 Å². The van der Waals surface area contributed by atoms with E-state index in [0.717, 1.165) is 19.6 Å². The Balaban J connectivity index is 2.04. The number of rotatable bonds is 3. The molecule has 2 aliphatic heterocycles. The minimum atomic E-state index is 0.305. The summed E-state index contributed by atoms with van der Waals surface area (Å²) in [6.45, 7) is 11.6. The summed E-state index contributed by atoms with van der Waals surface area (Å²) in [6.07, 6.45) is 5.48. The van der Waals surface area contributed by atoms with Crippen LogP contribution in [0.1, 0.15) is 39.5 Å². The second-order valence-corrected chi connectivity index (χ2v) is 5.39. The molecule has 0 aromatic rings. The van der Waals surface area contributed by atoms with Crippen LogP contribution in [-0.2, 0) is 4.74 Å². The maximum absolute atomic E-state index is 5.85. The van der Waals surface area contributed by atoms with Crippen LogP contribution in [0.15, 0.2) is 12.2 Å². The number of nitrogens with zero attached hydrogens (tertiary/aromatic N) is 1. The number of fused-ring (bicyclic) bond motifs is 1. The maximum Gasteiger partial charge on any atom is 0.0657 e. The van der Waals surface area contributed by atoms with Gasteiger partial charge < -0.3 is 4.74 Å². The highest BCUT2D eigenvalue weighted by Crippen LogP contribution is 2.39. The van der Waals surface area contributed by atoms with Gasteiger partial charge in [-0.05, 0) is 39.7 Å². The average Bonchev–Trinajstić information content (AvgIpc) is 2.51. The van der Waals surface area contributed by atoms with E-state index in [2.05, 4.69) is 25.3 Å². The molecule has 0 spiro atoms. The summed E-state index contributed by atoms with van der Waals surface area (Å²) in [4.78, 5) is 2.60. The fourth-order valence-electron chi connectivity index (χ4n) is 2.93. The zero-order valence-electron chi connectivity index (χ0n) is 10.1. The van der Waals surface area contributed by atoms with E-state index in [4.69, 9.17) is 4.74 Å². The molecule has 1 unspecified atom stereocenters. The maximum atomic E-state index is 5.85. The molecule has 0 N–H and O–H groups in total. The molecule has 1 atom stereocenters. The molecule has 86 valence electrons. The van der Waals surface area contributed by atoms with E-state index < -0.39 is 0 Å². The quantitative estimate of drug-likeness (QED) is 0.662. The highest BCUT2D eigenvalue weighted by Gasteiger charge is 2.44. The first-order valence-corrected chi connectivity index (χ1v) is 6.16. The Kier molecular flexibility index (Phi) is 3.17. The Bertz CT molecular complexity index is 249. The molecule has 2 heteroatoms. The van der Waals surface area contributed by atoms with Gasteiger partial charge in [-0.1, -0.05) is 18.6 Å². The van der Waals surface area contributed by atoms with Gasteiger partial charge in [-0.25, -0.2) is 0 Å². The van der Waals surface area contributed by atoms with Crippen molar-refractivity contribution in [3.8, 4) is 0 Å². The first-order chi connectivity index (χ1) is 7.12. The minimum Gasteiger partial charge on any atom is -0.377 e. The van der Waals surface area contributed by atoms with Crippen LogP contribution >= 0.6 is 0 Å². The van der Waals surface area contributed by atoms with Gasteiger partial charge in [-0.2, -0.15) is 0 Å². The van der Waals surface area contributed by atoms with Crippen LogP contribution < -0.4 is 0 Å². The normalized spacial score (nSPS) is 32.3. The standard InChI is InChI=1S/C13H23NO/c1-11(2)15-10-13-6-4-5-7-14(13)9-12(3)8-13/h11H,3-10H2,1-2H3. The summed E-state index contributed by atoms with van der Waals surface area (Å²) in [5, 5.41) is 0. The van der Waals surface area contributed by atoms with Crippen LogP contribution in [0.4, 0.5) is 0 Å². The highest BCUT2D eigenvalue weighted by atomic mass is 16.5. The van der Waals surface area contributed by atoms with Crippen LogP contribution in [0, 0.1) is 0 Å². The van der Waals surface area contributed by atoms with Gasteiger partial charge in [0.05, 0.1) is 12.7 Å². The third-order valence-corrected chi connectivity index (χ3v) is 3.67. The first kappa shape index (κ1) is 11.2. The van der Waals surface area contributed by atoms with Crippen molar-refractivity contribution >= 4 is 0 Å². The second kappa shape index (κ2) is 4.26. The van der Waals surface area contributed by atoms with E-state index >= 15 is 0 Å². The molecule has 0 saturated carbocycles. The summed E-state index contributed by atoms with van der Waals surface area (Å²) in [7, 11) is 0. The predicted octanol–water partition coefficient (Wildman–Crippen LogP) is 2.60. The molecule has 2 fully saturated rings. The van der Waals surface area contributed by atoms with Gasteiger partial charge in [-0.15, -0.1) is 0 Å². The van der Waals surface area contributed by atoms with Crippen molar-refractivity contribution < 1.29 is 4.74 Å². The van der Waals surface area contributed by atoms with Gasteiger partial charge in [0.15, 0.2) is 0 Å². The van der Waals surface area contributed by atoms with Crippen LogP contribution in [0.5, 0.6) is 0 Å². The lowest BCUT2D eigenvalue weighted by atomic mass is 9.86. The van der Waals surface area contributed by atoms with Crippen molar-refractivity contribution in [1.29, 1.82) is 0 Å². The van der Waals surface area contributed by atoms with Gasteiger partial charge in [0.2, 0.25) is 0 Å². The minimum absolute atomic E-state index is 0.305. The van der Waals surface area contributed by atoms with Gasteiger partial charge >= 0.3 is 0 Å². The fourth-order valence-corrected chi connectivity index (χ4v) is 2.93. The lowest BCUT2D eigenvalue weighted by Crippen LogP contribution is -2.50. The van der Waals surface area contributed by atoms with Crippen molar-refractivity contribution in [3.05, 3.63) is 12.2 Å². The molecular weight excluding hydrogens is 186 g/mol. The number of piperidine rings is 1. The van der Waals surface area contributed by atoms with E-state index in [-0.39, 0.29) is 0 Å². The summed E-state index contributed by atoms with van der Waals surface area (Å²) in [5.41, 5.74) is 1.70. The summed E-state index contributed by atoms with van der Waals surface area (Å²) < 4.78 is 5.85. The average molecular weight is 209 g/mol. The number of ether oxygens (including phenoxy) is 1. The summed E-state index contributed by atoms with van der Waals surface area (Å²) >= 11 is 0. The lowest BCUT2D eigenvalue weighted by Gasteiger charge is -2.42. The molecule has 2 saturated heterocycles. The molecule has 0 aromatic heterocycles. The molecular formula is C13H23NO. The zero-order chi connectivity index (χ0) is 10.9. The van der Waals surface area contributed by atoms with Crippen LogP contribution in [0.2, 0.25) is 0 Å². The molecule has 2 nitrogen and oxygen atoms in total. The van der Waals surface area contributed by atoms with Crippen molar-refractivity contribution in [2.24, 2.45) is 0 Å². The Morgan fingerprint density at radius 2 is 2.27 bits per heavy atom. The van der Waals surface area contributed by atoms with E-state index in [0.29, 0.717) is 11.6 Å². The smallest absolute Gasteiger partial charge is 0.0657 e. The van der Waals surface area contributed by atoms with Crippen molar-refractivity contribution in [2.45, 2.75) is 51.2 Å². The number of hydrogen-bond donors (Lipinski definition) is 0. The van der Waals surface area contributed by atoms with Crippen molar-refractivity contribution in [3.63, 3.8) is 0 Å². The van der Waals surface area contributed by atoms with Gasteiger partial charge in [0.25, 0.3) is 0 Å². The second-order valence-electron chi connectivity index (χ2n) is 5.39. The van der Waals surface area contributed by atoms with Crippen LogP contribution in [0.25, 0.3) is 0 Å². The summed E-state index contributed by atoms with van der Waals surface area (Å²) in [6, 6.07) is 0. The van der Waals surface area contributed by atoms with Crippen LogP contribution in [0.3, 0.4) is 0 Å². The Labute approximate surface area is 93.3 Å². The molecule has 0 aliphatic carbocycles. The molecule has 0 radical (unpaired) electrons. The fraction of sp³-hybridized carbons (Fsp3) is 0.846. The number of hydrogen-bond acceptors (Lipinski definition) is 2. The monoisotopic (exact) mass is 209 g/mol. The highest BCUT2D eigenvalue weighted by molar-refractivity contribution is 5.16. The largest absolute Gasteiger partial charge is 0.377 e. The van der Waals surface area contributed by atoms with E-state index in [1.54, 1.807) is 0 Å². The summed E-state index contributed by atoms with van der Waals surface area (Å²) in [5.74, 6) is 0. The predicted molar refractivity (Wildman–Crippen MR) is 63.0 cm³/mol. The zero-order valence-corrected chi connectivity index (χ0v) is 10.1. The topological polar surface area (TPSA) is 12.5 Å². The molecule has 0 bridgehead atoms. The van der Waals surface area contributed by atoms with E-state index in [9.17, 15) is 0 Å². The SMILES string of the molecule is C=C1CN2CCCCC2(COC(C)C)C1. The first-order valence-electron chi connectivity index (χ1n) is 6.16. The molecule has 0 aromatic carbocycles. The molecule has 2 aliphatic rings. The van der Waals surface area contributed by atoms with Crippen molar-refractivity contribution in [2.75, 3.05) is 19.7 Å². The molecule has 2 heterocycles. The van der Waals surface area contributed by atoms with E-state index in [1.165, 1.54) is 31.4 Å². The van der Waals surface area contributed by atoms with Gasteiger partial charge in [-0.3, -0.25) is 4.90 Å². The molecule has 15 heavy (non-hydrogen) atoms. The molecule has 2 rings (SSSR count). The van der Waals surface area contributed by atoms with Crippen molar-refractivity contribution in [1.82, 2.24) is 4.90 Å². The Morgan fingerprint density at radius 1 is 1.47 bits per heavy atom. The van der Waals surface area contributed by atoms with Gasteiger partial charge in [0.1, 0.15) is 0 Å². The van der Waals surface area contributed by atoms with E-state index in [1.807, 2.05) is 0 Å².